The van der Waals surface area contributed by atoms with Crippen LogP contribution in [0.5, 0.6) is 17.2 Å². The maximum Gasteiger partial charge on any atom is 0.344 e. The third-order valence-corrected chi connectivity index (χ3v) is 3.28. The fraction of sp³-hybridized carbons (Fsp3) is 0.235. The van der Waals surface area contributed by atoms with E-state index in [-0.39, 0.29) is 18.0 Å². The van der Waals surface area contributed by atoms with Gasteiger partial charge in [0.1, 0.15) is 18.1 Å². The molecule has 2 aromatic rings. The smallest absolute Gasteiger partial charge is 0.344 e. The van der Waals surface area contributed by atoms with E-state index in [1.807, 2.05) is 0 Å². The van der Waals surface area contributed by atoms with E-state index in [9.17, 15) is 14.9 Å². The Hall–Kier alpha value is -3.29. The lowest BCUT2D eigenvalue weighted by Crippen LogP contribution is -2.15. The third kappa shape index (κ3) is 4.84. The van der Waals surface area contributed by atoms with Crippen molar-refractivity contribution < 1.29 is 28.7 Å². The van der Waals surface area contributed by atoms with Crippen LogP contribution in [0.3, 0.4) is 0 Å². The monoisotopic (exact) mass is 347 g/mol. The van der Waals surface area contributed by atoms with E-state index in [0.717, 1.165) is 0 Å². The van der Waals surface area contributed by atoms with Crippen molar-refractivity contribution in [2.75, 3.05) is 20.8 Å². The maximum absolute atomic E-state index is 11.8. The Labute approximate surface area is 144 Å². The molecule has 0 aromatic heterocycles. The van der Waals surface area contributed by atoms with Crippen LogP contribution in [-0.4, -0.2) is 31.7 Å². The summed E-state index contributed by atoms with van der Waals surface area (Å²) in [5.74, 6) is 0.489. The second-order valence-corrected chi connectivity index (χ2v) is 4.85. The number of carbonyl (C=O) groups is 1. The number of nitro groups is 1. The molecule has 0 aliphatic heterocycles. The molecule has 0 atom stereocenters. The summed E-state index contributed by atoms with van der Waals surface area (Å²) in [5, 5.41) is 10.9. The first-order valence-electron chi connectivity index (χ1n) is 7.28. The largest absolute Gasteiger partial charge is 0.497 e. The number of esters is 1. The Bertz CT molecular complexity index is 760. The number of methoxy groups -OCH3 is 2. The van der Waals surface area contributed by atoms with Gasteiger partial charge >= 0.3 is 11.7 Å². The van der Waals surface area contributed by atoms with Crippen molar-refractivity contribution in [3.05, 3.63) is 58.1 Å². The molecule has 0 aliphatic carbocycles. The van der Waals surface area contributed by atoms with Gasteiger partial charge in [-0.1, -0.05) is 12.1 Å². The van der Waals surface area contributed by atoms with Gasteiger partial charge in [0.15, 0.2) is 12.4 Å². The zero-order valence-electron chi connectivity index (χ0n) is 13.8. The number of para-hydroxylation sites is 2. The minimum Gasteiger partial charge on any atom is -0.497 e. The molecule has 132 valence electrons. The molecule has 0 N–H and O–H groups in total. The van der Waals surface area contributed by atoms with Crippen molar-refractivity contribution in [1.29, 1.82) is 0 Å². The highest BCUT2D eigenvalue weighted by atomic mass is 16.6. The van der Waals surface area contributed by atoms with Crippen molar-refractivity contribution in [2.45, 2.75) is 6.61 Å². The van der Waals surface area contributed by atoms with Crippen molar-refractivity contribution in [3.8, 4) is 17.2 Å². The summed E-state index contributed by atoms with van der Waals surface area (Å²) in [5.41, 5.74) is 0.408. The zero-order chi connectivity index (χ0) is 18.2. The number of hydrogen-bond acceptors (Lipinski definition) is 7. The lowest BCUT2D eigenvalue weighted by atomic mass is 10.2. The quantitative estimate of drug-likeness (QED) is 0.411. The van der Waals surface area contributed by atoms with Gasteiger partial charge in [0, 0.05) is 11.6 Å². The van der Waals surface area contributed by atoms with E-state index in [1.165, 1.54) is 32.4 Å². The van der Waals surface area contributed by atoms with Gasteiger partial charge in [-0.25, -0.2) is 4.79 Å². The summed E-state index contributed by atoms with van der Waals surface area (Å²) in [6.45, 7) is -0.489. The minimum atomic E-state index is -0.664. The molecule has 0 aliphatic rings. The number of benzene rings is 2. The zero-order valence-corrected chi connectivity index (χ0v) is 13.8. The lowest BCUT2D eigenvalue weighted by Gasteiger charge is -2.11. The normalized spacial score (nSPS) is 10.0. The number of carbonyl (C=O) groups excluding carboxylic acids is 1. The molecule has 0 radical (unpaired) electrons. The van der Waals surface area contributed by atoms with Gasteiger partial charge in [0.05, 0.1) is 19.1 Å². The molecule has 8 nitrogen and oxygen atoms in total. The Kier molecular flexibility index (Phi) is 6.16. The molecular weight excluding hydrogens is 330 g/mol. The Morgan fingerprint density at radius 1 is 1.08 bits per heavy atom. The van der Waals surface area contributed by atoms with Crippen molar-refractivity contribution >= 4 is 11.7 Å². The van der Waals surface area contributed by atoms with Crippen LogP contribution >= 0.6 is 0 Å². The van der Waals surface area contributed by atoms with E-state index in [2.05, 4.69) is 0 Å². The van der Waals surface area contributed by atoms with E-state index in [1.54, 1.807) is 24.3 Å². The standard InChI is InChI=1S/C17H17NO7/c1-22-13-7-8-15(23-2)12(9-13)10-25-17(19)11-24-16-6-4-3-5-14(16)18(20)21/h3-9H,10-11H2,1-2H3. The molecule has 0 spiro atoms. The average molecular weight is 347 g/mol. The predicted molar refractivity (Wildman–Crippen MR) is 87.9 cm³/mol. The number of ether oxygens (including phenoxy) is 4. The molecule has 0 saturated carbocycles. The molecule has 8 heteroatoms. The van der Waals surface area contributed by atoms with Crippen molar-refractivity contribution in [3.63, 3.8) is 0 Å². The lowest BCUT2D eigenvalue weighted by molar-refractivity contribution is -0.385. The van der Waals surface area contributed by atoms with Crippen LogP contribution in [0.1, 0.15) is 5.56 Å². The summed E-state index contributed by atoms with van der Waals surface area (Å²) in [4.78, 5) is 22.1. The van der Waals surface area contributed by atoms with Crippen LogP contribution in [0.25, 0.3) is 0 Å². The summed E-state index contributed by atoms with van der Waals surface area (Å²) in [6.07, 6.45) is 0. The third-order valence-electron chi connectivity index (χ3n) is 3.28. The van der Waals surface area contributed by atoms with Crippen molar-refractivity contribution in [1.82, 2.24) is 0 Å². The highest BCUT2D eigenvalue weighted by Crippen LogP contribution is 2.26. The van der Waals surface area contributed by atoms with Gasteiger partial charge in [-0.15, -0.1) is 0 Å². The molecule has 0 fully saturated rings. The summed E-state index contributed by atoms with van der Waals surface area (Å²) < 4.78 is 20.6. The molecule has 0 amide bonds. The predicted octanol–water partition coefficient (Wildman–Crippen LogP) is 2.73. The molecule has 0 unspecified atom stereocenters. The first-order chi connectivity index (χ1) is 12.0. The number of rotatable bonds is 8. The molecule has 2 rings (SSSR count). The fourth-order valence-electron chi connectivity index (χ4n) is 2.06. The van der Waals surface area contributed by atoms with Crippen molar-refractivity contribution in [2.24, 2.45) is 0 Å². The molecule has 0 saturated heterocycles. The first-order valence-corrected chi connectivity index (χ1v) is 7.28. The van der Waals surface area contributed by atoms with Crippen LogP contribution in [0.2, 0.25) is 0 Å². The first kappa shape index (κ1) is 18.1. The number of nitro benzene ring substituents is 1. The van der Waals surface area contributed by atoms with E-state index < -0.39 is 17.5 Å². The molecule has 2 aromatic carbocycles. The summed E-state index contributed by atoms with van der Waals surface area (Å²) in [7, 11) is 3.03. The summed E-state index contributed by atoms with van der Waals surface area (Å²) in [6, 6.07) is 10.9. The van der Waals surface area contributed by atoms with Gasteiger partial charge in [0.2, 0.25) is 0 Å². The second kappa shape index (κ2) is 8.53. The Balaban J connectivity index is 1.95. The molecule has 25 heavy (non-hydrogen) atoms. The Morgan fingerprint density at radius 3 is 2.52 bits per heavy atom. The molecular formula is C17H17NO7. The molecule has 0 heterocycles. The number of hydrogen-bond donors (Lipinski definition) is 0. The van der Waals surface area contributed by atoms with Gasteiger partial charge in [-0.3, -0.25) is 10.1 Å². The highest BCUT2D eigenvalue weighted by molar-refractivity contribution is 5.71. The van der Waals surface area contributed by atoms with Crippen LogP contribution in [0, 0.1) is 10.1 Å². The SMILES string of the molecule is COc1ccc(OC)c(COC(=O)COc2ccccc2[N+](=O)[O-])c1. The van der Waals surface area contributed by atoms with Gasteiger partial charge in [0.25, 0.3) is 0 Å². The summed E-state index contributed by atoms with van der Waals surface area (Å²) >= 11 is 0. The molecule has 0 bridgehead atoms. The van der Waals surface area contributed by atoms with E-state index >= 15 is 0 Å². The van der Waals surface area contributed by atoms with E-state index in [4.69, 9.17) is 18.9 Å². The van der Waals surface area contributed by atoms with Gasteiger partial charge in [-0.2, -0.15) is 0 Å². The highest BCUT2D eigenvalue weighted by Gasteiger charge is 2.16. The average Bonchev–Trinajstić information content (AvgIpc) is 2.64. The van der Waals surface area contributed by atoms with Gasteiger partial charge in [-0.05, 0) is 24.3 Å². The number of nitrogens with zero attached hydrogens (tertiary/aromatic N) is 1. The van der Waals surface area contributed by atoms with Gasteiger partial charge < -0.3 is 18.9 Å². The van der Waals surface area contributed by atoms with Crippen LogP contribution in [0.15, 0.2) is 42.5 Å². The van der Waals surface area contributed by atoms with Crippen LogP contribution in [-0.2, 0) is 16.1 Å². The second-order valence-electron chi connectivity index (χ2n) is 4.85. The van der Waals surface area contributed by atoms with Crippen LogP contribution < -0.4 is 14.2 Å². The fourth-order valence-corrected chi connectivity index (χ4v) is 2.06. The minimum absolute atomic E-state index is 0.00316. The van der Waals surface area contributed by atoms with Crippen LogP contribution in [0.4, 0.5) is 5.69 Å². The maximum atomic E-state index is 11.8. The van der Waals surface area contributed by atoms with E-state index in [0.29, 0.717) is 17.1 Å². The Morgan fingerprint density at radius 2 is 1.84 bits per heavy atom. The topological polar surface area (TPSA) is 97.1 Å².